The monoisotopic (exact) mass is 434 g/mol. The van der Waals surface area contributed by atoms with Gasteiger partial charge in [0, 0.05) is 43.3 Å². The number of nitrogens with zero attached hydrogens (tertiary/aromatic N) is 1. The van der Waals surface area contributed by atoms with Gasteiger partial charge in [-0.05, 0) is 17.7 Å². The van der Waals surface area contributed by atoms with E-state index in [1.807, 2.05) is 18.2 Å². The molecule has 0 spiro atoms. The standard InChI is InChI=1S/C24H26N4O4/c29-22(14-27-24(31)20-13-25-21-9-5-4-8-19(21)23(20)30)26-12-18-16-28(10-11-32-18)15-17-6-2-1-3-7-17/h1-9,13,18H,10-12,14-16H2,(H,25,30)(H,26,29)(H,27,31). The van der Waals surface area contributed by atoms with Crippen LogP contribution in [0.25, 0.3) is 10.9 Å². The van der Waals surface area contributed by atoms with E-state index in [2.05, 4.69) is 32.7 Å². The molecule has 1 saturated heterocycles. The van der Waals surface area contributed by atoms with Crippen LogP contribution in [0.5, 0.6) is 0 Å². The Bertz CT molecular complexity index is 1150. The van der Waals surface area contributed by atoms with Gasteiger partial charge >= 0.3 is 0 Å². The molecule has 2 aromatic carbocycles. The molecule has 1 aliphatic heterocycles. The molecule has 0 aliphatic carbocycles. The smallest absolute Gasteiger partial charge is 0.257 e. The molecule has 3 N–H and O–H groups in total. The number of fused-ring (bicyclic) bond motifs is 1. The molecule has 1 fully saturated rings. The zero-order valence-corrected chi connectivity index (χ0v) is 17.7. The number of morpholine rings is 1. The normalized spacial score (nSPS) is 16.6. The Morgan fingerprint density at radius 2 is 1.84 bits per heavy atom. The Balaban J connectivity index is 1.24. The number of amides is 2. The van der Waals surface area contributed by atoms with E-state index < -0.39 is 5.91 Å². The number of H-pyrrole nitrogens is 1. The van der Waals surface area contributed by atoms with Crippen molar-refractivity contribution in [3.63, 3.8) is 0 Å². The number of aromatic amines is 1. The van der Waals surface area contributed by atoms with Gasteiger partial charge in [-0.2, -0.15) is 0 Å². The highest BCUT2D eigenvalue weighted by Gasteiger charge is 2.21. The number of para-hydroxylation sites is 1. The van der Waals surface area contributed by atoms with Gasteiger partial charge < -0.3 is 20.4 Å². The van der Waals surface area contributed by atoms with Gasteiger partial charge in [-0.1, -0.05) is 42.5 Å². The van der Waals surface area contributed by atoms with Crippen LogP contribution in [-0.4, -0.2) is 60.6 Å². The third-order valence-corrected chi connectivity index (χ3v) is 5.44. The summed E-state index contributed by atoms with van der Waals surface area (Å²) in [4.78, 5) is 42.3. The molecule has 8 heteroatoms. The number of benzene rings is 2. The summed E-state index contributed by atoms with van der Waals surface area (Å²) in [5.41, 5.74) is 1.50. The van der Waals surface area contributed by atoms with Gasteiger partial charge in [-0.15, -0.1) is 0 Å². The molecule has 1 aromatic heterocycles. The molecule has 0 bridgehead atoms. The molecule has 4 rings (SSSR count). The summed E-state index contributed by atoms with van der Waals surface area (Å²) in [5.74, 6) is -0.922. The van der Waals surface area contributed by atoms with Crippen molar-refractivity contribution in [2.24, 2.45) is 0 Å². The molecule has 0 saturated carbocycles. The number of hydrogen-bond donors (Lipinski definition) is 3. The summed E-state index contributed by atoms with van der Waals surface area (Å²) in [5, 5.41) is 5.74. The molecule has 1 aliphatic rings. The quantitative estimate of drug-likeness (QED) is 0.520. The lowest BCUT2D eigenvalue weighted by atomic mass is 10.1. The van der Waals surface area contributed by atoms with Gasteiger partial charge in [0.2, 0.25) is 11.3 Å². The van der Waals surface area contributed by atoms with Gasteiger partial charge in [0.15, 0.2) is 0 Å². The van der Waals surface area contributed by atoms with Crippen molar-refractivity contribution in [3.05, 3.63) is 82.1 Å². The van der Waals surface area contributed by atoms with Crippen LogP contribution in [-0.2, 0) is 16.1 Å². The van der Waals surface area contributed by atoms with Gasteiger partial charge in [-0.25, -0.2) is 0 Å². The number of rotatable bonds is 7. The van der Waals surface area contributed by atoms with Crippen molar-refractivity contribution in [3.8, 4) is 0 Å². The van der Waals surface area contributed by atoms with Crippen LogP contribution < -0.4 is 16.1 Å². The second-order valence-electron chi connectivity index (χ2n) is 7.78. The molecular weight excluding hydrogens is 408 g/mol. The van der Waals surface area contributed by atoms with E-state index in [1.165, 1.54) is 11.8 Å². The minimum atomic E-state index is -0.588. The van der Waals surface area contributed by atoms with Crippen LogP contribution in [0, 0.1) is 0 Å². The summed E-state index contributed by atoms with van der Waals surface area (Å²) >= 11 is 0. The Morgan fingerprint density at radius 3 is 2.69 bits per heavy atom. The first-order chi connectivity index (χ1) is 15.6. The van der Waals surface area contributed by atoms with E-state index in [9.17, 15) is 14.4 Å². The minimum absolute atomic E-state index is 0.0244. The number of carbonyl (C=O) groups is 2. The maximum Gasteiger partial charge on any atom is 0.257 e. The van der Waals surface area contributed by atoms with E-state index in [-0.39, 0.29) is 29.5 Å². The molecule has 0 radical (unpaired) electrons. The Morgan fingerprint density at radius 1 is 1.06 bits per heavy atom. The third kappa shape index (κ3) is 5.40. The number of pyridine rings is 1. The second kappa shape index (κ2) is 10.2. The van der Waals surface area contributed by atoms with Gasteiger partial charge in [0.1, 0.15) is 5.56 Å². The zero-order chi connectivity index (χ0) is 22.3. The van der Waals surface area contributed by atoms with E-state index in [1.54, 1.807) is 24.3 Å². The van der Waals surface area contributed by atoms with Crippen LogP contribution in [0.15, 0.2) is 65.6 Å². The predicted octanol–water partition coefficient (Wildman–Crippen LogP) is 1.28. The average Bonchev–Trinajstić information content (AvgIpc) is 2.82. The minimum Gasteiger partial charge on any atom is -0.374 e. The lowest BCUT2D eigenvalue weighted by Gasteiger charge is -2.33. The molecule has 32 heavy (non-hydrogen) atoms. The van der Waals surface area contributed by atoms with Crippen LogP contribution in [0.4, 0.5) is 0 Å². The molecule has 166 valence electrons. The van der Waals surface area contributed by atoms with Crippen LogP contribution >= 0.6 is 0 Å². The van der Waals surface area contributed by atoms with Crippen LogP contribution in [0.3, 0.4) is 0 Å². The lowest BCUT2D eigenvalue weighted by Crippen LogP contribution is -2.48. The van der Waals surface area contributed by atoms with E-state index in [4.69, 9.17) is 4.74 Å². The third-order valence-electron chi connectivity index (χ3n) is 5.44. The van der Waals surface area contributed by atoms with Crippen LogP contribution in [0.1, 0.15) is 15.9 Å². The molecule has 2 heterocycles. The summed E-state index contributed by atoms with van der Waals surface area (Å²) in [7, 11) is 0. The maximum atomic E-state index is 12.5. The molecule has 1 unspecified atom stereocenters. The fraction of sp³-hybridized carbons (Fsp3) is 0.292. The topological polar surface area (TPSA) is 104 Å². The second-order valence-corrected chi connectivity index (χ2v) is 7.78. The van der Waals surface area contributed by atoms with Crippen molar-refractivity contribution in [1.29, 1.82) is 0 Å². The molecule has 1 atom stereocenters. The molecule has 3 aromatic rings. The van der Waals surface area contributed by atoms with Crippen molar-refractivity contribution < 1.29 is 14.3 Å². The molecule has 8 nitrogen and oxygen atoms in total. The molecule has 2 amide bonds. The van der Waals surface area contributed by atoms with Crippen molar-refractivity contribution >= 4 is 22.7 Å². The number of nitrogens with one attached hydrogen (secondary N) is 3. The lowest BCUT2D eigenvalue weighted by molar-refractivity contribution is -0.121. The van der Waals surface area contributed by atoms with Crippen molar-refractivity contribution in [1.82, 2.24) is 20.5 Å². The Hall–Kier alpha value is -3.49. The van der Waals surface area contributed by atoms with Gasteiger partial charge in [0.25, 0.3) is 5.91 Å². The van der Waals surface area contributed by atoms with Crippen molar-refractivity contribution in [2.45, 2.75) is 12.6 Å². The van der Waals surface area contributed by atoms with E-state index in [0.717, 1.165) is 13.1 Å². The summed E-state index contributed by atoms with van der Waals surface area (Å²) in [6.07, 6.45) is 1.25. The summed E-state index contributed by atoms with van der Waals surface area (Å²) < 4.78 is 5.76. The highest BCUT2D eigenvalue weighted by atomic mass is 16.5. The van der Waals surface area contributed by atoms with E-state index >= 15 is 0 Å². The predicted molar refractivity (Wildman–Crippen MR) is 121 cm³/mol. The first kappa shape index (κ1) is 21.7. The first-order valence-electron chi connectivity index (χ1n) is 10.6. The fourth-order valence-corrected chi connectivity index (χ4v) is 3.77. The van der Waals surface area contributed by atoms with Gasteiger partial charge in [-0.3, -0.25) is 19.3 Å². The van der Waals surface area contributed by atoms with E-state index in [0.29, 0.717) is 30.6 Å². The number of hydrogen-bond acceptors (Lipinski definition) is 5. The summed E-state index contributed by atoms with van der Waals surface area (Å²) in [6, 6.07) is 17.2. The highest BCUT2D eigenvalue weighted by Crippen LogP contribution is 2.10. The first-order valence-corrected chi connectivity index (χ1v) is 10.6. The SMILES string of the molecule is O=C(CNC(=O)c1c[nH]c2ccccc2c1=O)NCC1CN(Cc2ccccc2)CCO1. The summed E-state index contributed by atoms with van der Waals surface area (Å²) in [6.45, 7) is 3.14. The Kier molecular flexibility index (Phi) is 6.94. The highest BCUT2D eigenvalue weighted by molar-refractivity contribution is 5.98. The number of aromatic nitrogens is 1. The number of carbonyl (C=O) groups excluding carboxylic acids is 2. The largest absolute Gasteiger partial charge is 0.374 e. The Labute approximate surface area is 185 Å². The average molecular weight is 434 g/mol. The fourth-order valence-electron chi connectivity index (χ4n) is 3.77. The number of ether oxygens (including phenoxy) is 1. The van der Waals surface area contributed by atoms with Crippen molar-refractivity contribution in [2.75, 3.05) is 32.8 Å². The zero-order valence-electron chi connectivity index (χ0n) is 17.7. The van der Waals surface area contributed by atoms with Crippen LogP contribution in [0.2, 0.25) is 0 Å². The maximum absolute atomic E-state index is 12.5. The molecular formula is C24H26N4O4. The van der Waals surface area contributed by atoms with Gasteiger partial charge in [0.05, 0.1) is 19.3 Å².